The molecule has 98 valence electrons. The topological polar surface area (TPSA) is 49.8 Å². The molecule has 4 heteroatoms. The Kier molecular flexibility index (Phi) is 6.11. The summed E-state index contributed by atoms with van der Waals surface area (Å²) in [6.07, 6.45) is 1.65. The second-order valence-electron chi connectivity index (χ2n) is 3.85. The lowest BCUT2D eigenvalue weighted by Crippen LogP contribution is -2.34. The maximum Gasteiger partial charge on any atom is 0.254 e. The highest BCUT2D eigenvalue weighted by molar-refractivity contribution is 5.95. The van der Waals surface area contributed by atoms with Gasteiger partial charge in [-0.05, 0) is 11.6 Å². The van der Waals surface area contributed by atoms with E-state index in [9.17, 15) is 4.79 Å². The lowest BCUT2D eigenvalue weighted by Gasteiger charge is -2.21. The maximum absolute atomic E-state index is 12.3. The molecule has 1 N–H and O–H groups in total. The number of nitrogens with zero attached hydrogens (tertiary/aromatic N) is 1. The summed E-state index contributed by atoms with van der Waals surface area (Å²) in [6, 6.07) is 7.32. The van der Waals surface area contributed by atoms with Gasteiger partial charge in [-0.25, -0.2) is 0 Å². The van der Waals surface area contributed by atoms with Crippen molar-refractivity contribution in [3.63, 3.8) is 0 Å². The summed E-state index contributed by atoms with van der Waals surface area (Å²) in [4.78, 5) is 13.9. The first-order chi connectivity index (χ1) is 8.74. The van der Waals surface area contributed by atoms with Crippen molar-refractivity contribution in [3.05, 3.63) is 48.0 Å². The largest absolute Gasteiger partial charge is 0.395 e. The van der Waals surface area contributed by atoms with Gasteiger partial charge in [0.2, 0.25) is 0 Å². The molecule has 4 nitrogen and oxygen atoms in total. The molecule has 0 bridgehead atoms. The van der Waals surface area contributed by atoms with E-state index in [1.165, 1.54) is 0 Å². The number of benzene rings is 1. The van der Waals surface area contributed by atoms with Gasteiger partial charge in [0.1, 0.15) is 0 Å². The molecule has 0 aliphatic rings. The summed E-state index contributed by atoms with van der Waals surface area (Å²) in [7, 11) is 1.59. The number of amides is 1. The van der Waals surface area contributed by atoms with Crippen molar-refractivity contribution in [1.29, 1.82) is 0 Å². The number of aliphatic hydroxyl groups excluding tert-OH is 1. The molecular weight excluding hydrogens is 230 g/mol. The Morgan fingerprint density at radius 1 is 1.50 bits per heavy atom. The van der Waals surface area contributed by atoms with Crippen LogP contribution in [0.15, 0.2) is 36.9 Å². The second kappa shape index (κ2) is 7.63. The predicted molar refractivity (Wildman–Crippen MR) is 70.3 cm³/mol. The Hall–Kier alpha value is -1.65. The molecule has 0 heterocycles. The van der Waals surface area contributed by atoms with Gasteiger partial charge in [0, 0.05) is 25.8 Å². The van der Waals surface area contributed by atoms with E-state index in [2.05, 4.69) is 6.58 Å². The first-order valence-corrected chi connectivity index (χ1v) is 5.82. The van der Waals surface area contributed by atoms with Gasteiger partial charge in [-0.1, -0.05) is 24.3 Å². The molecule has 0 spiro atoms. The van der Waals surface area contributed by atoms with Crippen LogP contribution in [-0.2, 0) is 11.3 Å². The number of ether oxygens (including phenoxy) is 1. The average Bonchev–Trinajstić information content (AvgIpc) is 2.39. The molecule has 1 amide bonds. The lowest BCUT2D eigenvalue weighted by atomic mass is 10.1. The van der Waals surface area contributed by atoms with Gasteiger partial charge in [0.25, 0.3) is 5.91 Å². The van der Waals surface area contributed by atoms with Gasteiger partial charge >= 0.3 is 0 Å². The Morgan fingerprint density at radius 3 is 2.83 bits per heavy atom. The van der Waals surface area contributed by atoms with Crippen LogP contribution in [0.4, 0.5) is 0 Å². The van der Waals surface area contributed by atoms with E-state index in [1.54, 1.807) is 24.2 Å². The maximum atomic E-state index is 12.3. The molecule has 0 radical (unpaired) electrons. The van der Waals surface area contributed by atoms with Crippen LogP contribution in [-0.4, -0.2) is 42.7 Å². The molecule has 0 atom stereocenters. The van der Waals surface area contributed by atoms with E-state index in [1.807, 2.05) is 18.2 Å². The molecule has 0 aliphatic heterocycles. The Bertz CT molecular complexity index is 404. The molecule has 0 saturated carbocycles. The van der Waals surface area contributed by atoms with Crippen LogP contribution in [0.25, 0.3) is 0 Å². The summed E-state index contributed by atoms with van der Waals surface area (Å²) in [5.41, 5.74) is 1.45. The molecule has 18 heavy (non-hydrogen) atoms. The van der Waals surface area contributed by atoms with E-state index >= 15 is 0 Å². The summed E-state index contributed by atoms with van der Waals surface area (Å²) < 4.78 is 5.08. The van der Waals surface area contributed by atoms with Gasteiger partial charge in [-0.3, -0.25) is 4.79 Å². The minimum atomic E-state index is -0.114. The number of hydrogen-bond acceptors (Lipinski definition) is 3. The number of aliphatic hydroxyl groups is 1. The number of hydrogen-bond donors (Lipinski definition) is 1. The van der Waals surface area contributed by atoms with E-state index < -0.39 is 0 Å². The third-order valence-electron chi connectivity index (χ3n) is 2.55. The fraction of sp³-hybridized carbons (Fsp3) is 0.357. The molecule has 1 rings (SSSR count). The van der Waals surface area contributed by atoms with E-state index in [0.29, 0.717) is 25.3 Å². The zero-order valence-electron chi connectivity index (χ0n) is 10.6. The van der Waals surface area contributed by atoms with Crippen molar-refractivity contribution in [3.8, 4) is 0 Å². The highest BCUT2D eigenvalue weighted by Crippen LogP contribution is 2.13. The SMILES string of the molecule is C=CCN(CCO)C(=O)c1ccccc1COC. The van der Waals surface area contributed by atoms with Gasteiger partial charge in [-0.15, -0.1) is 6.58 Å². The number of rotatable bonds is 7. The number of carbonyl (C=O) groups excluding carboxylic acids is 1. The summed E-state index contributed by atoms with van der Waals surface area (Å²) in [5, 5.41) is 8.98. The van der Waals surface area contributed by atoms with Crippen molar-refractivity contribution in [2.75, 3.05) is 26.8 Å². The summed E-state index contributed by atoms with van der Waals surface area (Å²) >= 11 is 0. The van der Waals surface area contributed by atoms with E-state index in [4.69, 9.17) is 9.84 Å². The minimum Gasteiger partial charge on any atom is -0.395 e. The first kappa shape index (κ1) is 14.4. The molecule has 1 aromatic carbocycles. The van der Waals surface area contributed by atoms with Gasteiger partial charge < -0.3 is 14.7 Å². The fourth-order valence-corrected chi connectivity index (χ4v) is 1.73. The van der Waals surface area contributed by atoms with E-state index in [0.717, 1.165) is 5.56 Å². The van der Waals surface area contributed by atoms with Crippen LogP contribution in [0.2, 0.25) is 0 Å². The van der Waals surface area contributed by atoms with Gasteiger partial charge in [0.15, 0.2) is 0 Å². The molecule has 0 saturated heterocycles. The van der Waals surface area contributed by atoms with Crippen LogP contribution in [0.1, 0.15) is 15.9 Å². The zero-order valence-corrected chi connectivity index (χ0v) is 10.6. The Morgan fingerprint density at radius 2 is 2.22 bits per heavy atom. The monoisotopic (exact) mass is 249 g/mol. The van der Waals surface area contributed by atoms with Crippen LogP contribution in [0.5, 0.6) is 0 Å². The highest BCUT2D eigenvalue weighted by Gasteiger charge is 2.16. The minimum absolute atomic E-state index is 0.0635. The highest BCUT2D eigenvalue weighted by atomic mass is 16.5. The molecule has 1 aromatic rings. The van der Waals surface area contributed by atoms with Crippen molar-refractivity contribution < 1.29 is 14.6 Å². The van der Waals surface area contributed by atoms with Crippen molar-refractivity contribution >= 4 is 5.91 Å². The van der Waals surface area contributed by atoms with Gasteiger partial charge in [0.05, 0.1) is 13.2 Å². The molecule has 0 fully saturated rings. The first-order valence-electron chi connectivity index (χ1n) is 5.82. The standard InChI is InChI=1S/C14H19NO3/c1-3-8-15(9-10-16)14(17)13-7-5-4-6-12(13)11-18-2/h3-7,16H,1,8-11H2,2H3. The third kappa shape index (κ3) is 3.68. The van der Waals surface area contributed by atoms with Gasteiger partial charge in [-0.2, -0.15) is 0 Å². The molecular formula is C14H19NO3. The normalized spacial score (nSPS) is 10.1. The summed E-state index contributed by atoms with van der Waals surface area (Å²) in [6.45, 7) is 4.66. The smallest absolute Gasteiger partial charge is 0.254 e. The van der Waals surface area contributed by atoms with Crippen molar-refractivity contribution in [1.82, 2.24) is 4.90 Å². The van der Waals surface area contributed by atoms with Crippen LogP contribution >= 0.6 is 0 Å². The molecule has 0 aliphatic carbocycles. The van der Waals surface area contributed by atoms with Crippen LogP contribution in [0, 0.1) is 0 Å². The third-order valence-corrected chi connectivity index (χ3v) is 2.55. The lowest BCUT2D eigenvalue weighted by molar-refractivity contribution is 0.0738. The zero-order chi connectivity index (χ0) is 13.4. The van der Waals surface area contributed by atoms with Crippen LogP contribution in [0.3, 0.4) is 0 Å². The van der Waals surface area contributed by atoms with Crippen LogP contribution < -0.4 is 0 Å². The average molecular weight is 249 g/mol. The van der Waals surface area contributed by atoms with Crippen molar-refractivity contribution in [2.24, 2.45) is 0 Å². The van der Waals surface area contributed by atoms with Crippen molar-refractivity contribution in [2.45, 2.75) is 6.61 Å². The molecule has 0 unspecified atom stereocenters. The predicted octanol–water partition coefficient (Wildman–Crippen LogP) is 1.45. The quantitative estimate of drug-likeness (QED) is 0.744. The summed E-state index contributed by atoms with van der Waals surface area (Å²) in [5.74, 6) is -0.114. The second-order valence-corrected chi connectivity index (χ2v) is 3.85. The molecule has 0 aromatic heterocycles. The Balaban J connectivity index is 2.96. The fourth-order valence-electron chi connectivity index (χ4n) is 1.73. The Labute approximate surface area is 107 Å². The van der Waals surface area contributed by atoms with E-state index in [-0.39, 0.29) is 12.5 Å². The number of methoxy groups -OCH3 is 1. The number of carbonyl (C=O) groups is 1.